The van der Waals surface area contributed by atoms with Crippen molar-refractivity contribution in [1.82, 2.24) is 10.2 Å². The van der Waals surface area contributed by atoms with Gasteiger partial charge < -0.3 is 5.32 Å². The van der Waals surface area contributed by atoms with Gasteiger partial charge in [-0.3, -0.25) is 4.90 Å². The molecule has 114 valence electrons. The van der Waals surface area contributed by atoms with Crippen molar-refractivity contribution in [2.75, 3.05) is 13.1 Å². The quantitative estimate of drug-likeness (QED) is 0.879. The average molecular weight is 295 g/mol. The van der Waals surface area contributed by atoms with Gasteiger partial charge in [0.2, 0.25) is 0 Å². The van der Waals surface area contributed by atoms with E-state index in [-0.39, 0.29) is 0 Å². The molecule has 1 unspecified atom stereocenters. The molecular formula is C17H30N2S. The van der Waals surface area contributed by atoms with Crippen LogP contribution in [0.25, 0.3) is 0 Å². The first-order valence-corrected chi connectivity index (χ1v) is 8.90. The van der Waals surface area contributed by atoms with Gasteiger partial charge in [0, 0.05) is 41.0 Å². The van der Waals surface area contributed by atoms with Gasteiger partial charge >= 0.3 is 0 Å². The monoisotopic (exact) mass is 294 g/mol. The third-order valence-corrected chi connectivity index (χ3v) is 6.27. The van der Waals surface area contributed by atoms with E-state index in [1.165, 1.54) is 41.1 Å². The molecule has 1 aliphatic rings. The number of nitrogens with one attached hydrogen (secondary N) is 1. The van der Waals surface area contributed by atoms with Crippen LogP contribution in [0.2, 0.25) is 0 Å². The topological polar surface area (TPSA) is 15.3 Å². The molecule has 1 aromatic heterocycles. The fraction of sp³-hybridized carbons (Fsp3) is 0.765. The Morgan fingerprint density at radius 3 is 2.50 bits per heavy atom. The summed E-state index contributed by atoms with van der Waals surface area (Å²) in [7, 11) is 0. The second-order valence-corrected chi connectivity index (χ2v) is 7.63. The Kier molecular flexibility index (Phi) is 5.27. The fourth-order valence-electron chi connectivity index (χ4n) is 3.28. The summed E-state index contributed by atoms with van der Waals surface area (Å²) in [5.41, 5.74) is 1.78. The number of rotatable bonds is 5. The number of hydrogen-bond acceptors (Lipinski definition) is 3. The molecule has 1 aliphatic heterocycles. The molecule has 1 fully saturated rings. The molecule has 0 radical (unpaired) electrons. The molecule has 0 saturated carbocycles. The van der Waals surface area contributed by atoms with Crippen LogP contribution in [0.3, 0.4) is 0 Å². The van der Waals surface area contributed by atoms with Crippen molar-refractivity contribution in [3.05, 3.63) is 21.4 Å². The van der Waals surface area contributed by atoms with E-state index in [9.17, 15) is 0 Å². The van der Waals surface area contributed by atoms with Crippen molar-refractivity contribution < 1.29 is 0 Å². The van der Waals surface area contributed by atoms with Crippen LogP contribution < -0.4 is 5.32 Å². The van der Waals surface area contributed by atoms with Crippen LogP contribution in [0.15, 0.2) is 6.07 Å². The number of hydrogen-bond donors (Lipinski definition) is 1. The molecule has 20 heavy (non-hydrogen) atoms. The maximum absolute atomic E-state index is 3.83. The second-order valence-electron chi connectivity index (χ2n) is 6.29. The molecule has 0 amide bonds. The standard InChI is InChI=1S/C17H30N2S/c1-6-15-10-18-17(7-2,8-3)12-19(15)11-16-9-13(4)14(5)20-16/h9,15,18H,6-8,10-12H2,1-5H3. The summed E-state index contributed by atoms with van der Waals surface area (Å²) in [6.07, 6.45) is 3.68. The van der Waals surface area contributed by atoms with Crippen molar-refractivity contribution in [3.63, 3.8) is 0 Å². The van der Waals surface area contributed by atoms with E-state index in [0.29, 0.717) is 11.6 Å². The van der Waals surface area contributed by atoms with E-state index in [1.54, 1.807) is 0 Å². The third kappa shape index (κ3) is 3.26. The predicted octanol–water partition coefficient (Wildman–Crippen LogP) is 4.11. The highest BCUT2D eigenvalue weighted by atomic mass is 32.1. The zero-order chi connectivity index (χ0) is 14.8. The summed E-state index contributed by atoms with van der Waals surface area (Å²) in [5, 5.41) is 3.83. The Balaban J connectivity index is 2.12. The first-order valence-electron chi connectivity index (χ1n) is 8.08. The number of nitrogens with zero attached hydrogens (tertiary/aromatic N) is 1. The summed E-state index contributed by atoms with van der Waals surface area (Å²) in [4.78, 5) is 5.72. The Labute approximate surface area is 128 Å². The van der Waals surface area contributed by atoms with Crippen molar-refractivity contribution in [2.45, 2.75) is 72.0 Å². The lowest BCUT2D eigenvalue weighted by Gasteiger charge is -2.47. The van der Waals surface area contributed by atoms with Gasteiger partial charge in [-0.05, 0) is 44.7 Å². The van der Waals surface area contributed by atoms with E-state index in [1.807, 2.05) is 11.3 Å². The molecule has 0 aliphatic carbocycles. The molecule has 0 bridgehead atoms. The lowest BCUT2D eigenvalue weighted by Crippen LogP contribution is -2.63. The van der Waals surface area contributed by atoms with Crippen LogP contribution in [-0.2, 0) is 6.54 Å². The molecule has 1 atom stereocenters. The van der Waals surface area contributed by atoms with Gasteiger partial charge in [0.25, 0.3) is 0 Å². The lowest BCUT2D eigenvalue weighted by atomic mass is 9.88. The summed E-state index contributed by atoms with van der Waals surface area (Å²) in [6.45, 7) is 14.9. The van der Waals surface area contributed by atoms with Crippen molar-refractivity contribution in [2.24, 2.45) is 0 Å². The molecule has 2 heterocycles. The van der Waals surface area contributed by atoms with Crippen LogP contribution >= 0.6 is 11.3 Å². The highest BCUT2D eigenvalue weighted by Crippen LogP contribution is 2.28. The molecular weight excluding hydrogens is 264 g/mol. The van der Waals surface area contributed by atoms with Crippen molar-refractivity contribution in [3.8, 4) is 0 Å². The van der Waals surface area contributed by atoms with Crippen LogP contribution in [-0.4, -0.2) is 29.6 Å². The minimum absolute atomic E-state index is 0.326. The first kappa shape index (κ1) is 16.0. The van der Waals surface area contributed by atoms with E-state index in [4.69, 9.17) is 0 Å². The Bertz CT molecular complexity index is 415. The Morgan fingerprint density at radius 1 is 1.30 bits per heavy atom. The zero-order valence-electron chi connectivity index (χ0n) is 13.8. The minimum Gasteiger partial charge on any atom is -0.308 e. The van der Waals surface area contributed by atoms with Crippen molar-refractivity contribution in [1.29, 1.82) is 0 Å². The van der Waals surface area contributed by atoms with Crippen LogP contribution in [0.5, 0.6) is 0 Å². The summed E-state index contributed by atoms with van der Waals surface area (Å²) >= 11 is 1.97. The molecule has 0 spiro atoms. The summed E-state index contributed by atoms with van der Waals surface area (Å²) in [5.74, 6) is 0. The van der Waals surface area contributed by atoms with Crippen LogP contribution in [0.1, 0.15) is 55.4 Å². The van der Waals surface area contributed by atoms with E-state index in [0.717, 1.165) is 13.1 Å². The van der Waals surface area contributed by atoms with Gasteiger partial charge in [0.05, 0.1) is 0 Å². The molecule has 2 nitrogen and oxygen atoms in total. The number of piperazine rings is 1. The normalized spacial score (nSPS) is 23.1. The van der Waals surface area contributed by atoms with E-state index in [2.05, 4.69) is 50.9 Å². The van der Waals surface area contributed by atoms with Gasteiger partial charge in [-0.1, -0.05) is 20.8 Å². The van der Waals surface area contributed by atoms with Crippen LogP contribution in [0.4, 0.5) is 0 Å². The highest BCUT2D eigenvalue weighted by molar-refractivity contribution is 7.12. The molecule has 3 heteroatoms. The van der Waals surface area contributed by atoms with Crippen molar-refractivity contribution >= 4 is 11.3 Å². The smallest absolute Gasteiger partial charge is 0.0332 e. The van der Waals surface area contributed by atoms with Gasteiger partial charge in [-0.25, -0.2) is 0 Å². The van der Waals surface area contributed by atoms with Crippen LogP contribution in [0, 0.1) is 13.8 Å². The van der Waals surface area contributed by atoms with E-state index < -0.39 is 0 Å². The predicted molar refractivity (Wildman–Crippen MR) is 89.6 cm³/mol. The lowest BCUT2D eigenvalue weighted by molar-refractivity contribution is 0.0651. The zero-order valence-corrected chi connectivity index (χ0v) is 14.6. The fourth-order valence-corrected chi connectivity index (χ4v) is 4.36. The molecule has 1 N–H and O–H groups in total. The number of aryl methyl sites for hydroxylation is 2. The second kappa shape index (κ2) is 6.59. The highest BCUT2D eigenvalue weighted by Gasteiger charge is 2.36. The maximum atomic E-state index is 3.83. The van der Waals surface area contributed by atoms with Gasteiger partial charge in [-0.2, -0.15) is 0 Å². The molecule has 1 saturated heterocycles. The Morgan fingerprint density at radius 2 is 2.00 bits per heavy atom. The van der Waals surface area contributed by atoms with E-state index >= 15 is 0 Å². The SMILES string of the molecule is CCC1CNC(CC)(CC)CN1Cc1cc(C)c(C)s1. The summed E-state index contributed by atoms with van der Waals surface area (Å²) in [6, 6.07) is 3.07. The minimum atomic E-state index is 0.326. The first-order chi connectivity index (χ1) is 9.53. The van der Waals surface area contributed by atoms with Gasteiger partial charge in [0.1, 0.15) is 0 Å². The largest absolute Gasteiger partial charge is 0.308 e. The molecule has 0 aromatic carbocycles. The molecule has 1 aromatic rings. The van der Waals surface area contributed by atoms with Gasteiger partial charge in [-0.15, -0.1) is 11.3 Å². The van der Waals surface area contributed by atoms with Gasteiger partial charge in [0.15, 0.2) is 0 Å². The molecule has 2 rings (SSSR count). The summed E-state index contributed by atoms with van der Waals surface area (Å²) < 4.78 is 0. The average Bonchev–Trinajstić information content (AvgIpc) is 2.77. The Hall–Kier alpha value is -0.380. The number of thiophene rings is 1. The third-order valence-electron chi connectivity index (χ3n) is 5.14. The maximum Gasteiger partial charge on any atom is 0.0332 e.